The highest BCUT2D eigenvalue weighted by atomic mass is 16.2. The molecule has 18 heavy (non-hydrogen) atoms. The molecule has 0 unspecified atom stereocenters. The number of nitrogens with zero attached hydrogens (tertiary/aromatic N) is 1. The van der Waals surface area contributed by atoms with Crippen LogP contribution >= 0.6 is 0 Å². The molecule has 0 saturated carbocycles. The predicted octanol–water partition coefficient (Wildman–Crippen LogP) is 3.86. The summed E-state index contributed by atoms with van der Waals surface area (Å²) in [6.45, 7) is 6.83. The van der Waals surface area contributed by atoms with Crippen molar-refractivity contribution in [2.75, 3.05) is 6.54 Å². The second-order valence-electron chi connectivity index (χ2n) is 4.51. The van der Waals surface area contributed by atoms with Crippen LogP contribution in [0.1, 0.15) is 42.1 Å². The van der Waals surface area contributed by atoms with E-state index >= 15 is 0 Å². The number of amides is 1. The van der Waals surface area contributed by atoms with Crippen LogP contribution in [0.2, 0.25) is 0 Å². The fourth-order valence-electron chi connectivity index (χ4n) is 2.27. The normalized spacial score (nSPS) is 14.6. The minimum absolute atomic E-state index is 0.0987. The first kappa shape index (κ1) is 12.6. The molecule has 0 N–H and O–H groups in total. The number of allylic oxidation sites excluding steroid dienone is 2. The van der Waals surface area contributed by atoms with Gasteiger partial charge in [0.15, 0.2) is 0 Å². The summed E-state index contributed by atoms with van der Waals surface area (Å²) in [6.07, 6.45) is 7.43. The lowest BCUT2D eigenvalue weighted by molar-refractivity contribution is 0.0849. The molecule has 2 heteroatoms. The maximum atomic E-state index is 12.2. The Balaban J connectivity index is 1.96. The predicted molar refractivity (Wildman–Crippen MR) is 75.2 cm³/mol. The Labute approximate surface area is 109 Å². The third-order valence-corrected chi connectivity index (χ3v) is 3.28. The smallest absolute Gasteiger partial charge is 0.258 e. The lowest BCUT2D eigenvalue weighted by Gasteiger charge is -2.16. The second-order valence-corrected chi connectivity index (χ2v) is 4.51. The lowest BCUT2D eigenvalue weighted by Crippen LogP contribution is -2.23. The number of rotatable bonds is 5. The van der Waals surface area contributed by atoms with Crippen molar-refractivity contribution in [2.24, 2.45) is 0 Å². The molecule has 1 amide bonds. The largest absolute Gasteiger partial charge is 0.308 e. The van der Waals surface area contributed by atoms with E-state index in [-0.39, 0.29) is 5.91 Å². The summed E-state index contributed by atoms with van der Waals surface area (Å²) in [5.41, 5.74) is 2.62. The highest BCUT2D eigenvalue weighted by molar-refractivity contribution is 6.08. The van der Waals surface area contributed by atoms with Crippen molar-refractivity contribution >= 4 is 11.6 Å². The summed E-state index contributed by atoms with van der Waals surface area (Å²) in [7, 11) is 0. The van der Waals surface area contributed by atoms with Gasteiger partial charge in [-0.3, -0.25) is 4.79 Å². The van der Waals surface area contributed by atoms with Gasteiger partial charge in [0.1, 0.15) is 0 Å². The van der Waals surface area contributed by atoms with Gasteiger partial charge < -0.3 is 4.90 Å². The summed E-state index contributed by atoms with van der Waals surface area (Å²) in [5.74, 6) is 0.0987. The standard InChI is InChI=1S/C16H19NO/c1-3-4-5-6-9-12-17-13(2)14-10-7-8-11-15(14)16(17)18/h3-4,7-8,10-11H,2,5-6,9,12H2,1H3/b4-3-. The molecule has 1 aromatic rings. The molecule has 0 aromatic heterocycles. The Morgan fingerprint density at radius 3 is 2.61 bits per heavy atom. The van der Waals surface area contributed by atoms with Gasteiger partial charge >= 0.3 is 0 Å². The van der Waals surface area contributed by atoms with Crippen molar-refractivity contribution < 1.29 is 4.79 Å². The molecule has 0 radical (unpaired) electrons. The van der Waals surface area contributed by atoms with Crippen LogP contribution in [0.25, 0.3) is 5.70 Å². The number of hydrogen-bond acceptors (Lipinski definition) is 1. The molecule has 0 bridgehead atoms. The first-order valence-corrected chi connectivity index (χ1v) is 6.47. The number of hydrogen-bond donors (Lipinski definition) is 0. The summed E-state index contributed by atoms with van der Waals surface area (Å²) in [6, 6.07) is 7.70. The van der Waals surface area contributed by atoms with Gasteiger partial charge in [0, 0.05) is 23.4 Å². The monoisotopic (exact) mass is 241 g/mol. The SMILES string of the molecule is C=C1c2ccccc2C(=O)N1CCCC/C=C\C. The highest BCUT2D eigenvalue weighted by Gasteiger charge is 2.29. The Morgan fingerprint density at radius 2 is 1.94 bits per heavy atom. The molecule has 0 saturated heterocycles. The maximum Gasteiger partial charge on any atom is 0.258 e. The van der Waals surface area contributed by atoms with Crippen molar-refractivity contribution in [1.82, 2.24) is 4.90 Å². The average molecular weight is 241 g/mol. The topological polar surface area (TPSA) is 20.3 Å². The van der Waals surface area contributed by atoms with E-state index in [4.69, 9.17) is 0 Å². The number of unbranched alkanes of at least 4 members (excludes halogenated alkanes) is 2. The number of carbonyl (C=O) groups is 1. The molecule has 0 aliphatic carbocycles. The van der Waals surface area contributed by atoms with Gasteiger partial charge in [-0.2, -0.15) is 0 Å². The van der Waals surface area contributed by atoms with Crippen LogP contribution in [0.4, 0.5) is 0 Å². The Morgan fingerprint density at radius 1 is 1.22 bits per heavy atom. The van der Waals surface area contributed by atoms with Crippen LogP contribution in [-0.4, -0.2) is 17.4 Å². The van der Waals surface area contributed by atoms with Crippen LogP contribution < -0.4 is 0 Å². The average Bonchev–Trinajstić information content (AvgIpc) is 2.64. The van der Waals surface area contributed by atoms with Gasteiger partial charge in [-0.25, -0.2) is 0 Å². The lowest BCUT2D eigenvalue weighted by atomic mass is 10.1. The molecule has 2 rings (SSSR count). The van der Waals surface area contributed by atoms with E-state index in [1.54, 1.807) is 4.90 Å². The van der Waals surface area contributed by atoms with Gasteiger partial charge in [0.2, 0.25) is 0 Å². The highest BCUT2D eigenvalue weighted by Crippen LogP contribution is 2.31. The van der Waals surface area contributed by atoms with Crippen molar-refractivity contribution in [3.8, 4) is 0 Å². The Hall–Kier alpha value is -1.83. The molecule has 1 heterocycles. The molecule has 0 fully saturated rings. The minimum Gasteiger partial charge on any atom is -0.308 e. The zero-order valence-corrected chi connectivity index (χ0v) is 10.9. The van der Waals surface area contributed by atoms with Crippen molar-refractivity contribution in [2.45, 2.75) is 26.2 Å². The zero-order valence-electron chi connectivity index (χ0n) is 10.9. The molecule has 2 nitrogen and oxygen atoms in total. The number of fused-ring (bicyclic) bond motifs is 1. The quantitative estimate of drug-likeness (QED) is 0.566. The van der Waals surface area contributed by atoms with E-state index in [0.717, 1.165) is 42.6 Å². The molecule has 1 aliphatic heterocycles. The minimum atomic E-state index is 0.0987. The summed E-state index contributed by atoms with van der Waals surface area (Å²) >= 11 is 0. The van der Waals surface area contributed by atoms with Gasteiger partial charge in [0.05, 0.1) is 0 Å². The molecule has 0 atom stereocenters. The second kappa shape index (κ2) is 5.67. The molecule has 0 spiro atoms. The van der Waals surface area contributed by atoms with Crippen LogP contribution in [-0.2, 0) is 0 Å². The molecule has 1 aromatic carbocycles. The number of benzene rings is 1. The van der Waals surface area contributed by atoms with E-state index in [0.29, 0.717) is 0 Å². The molecule has 94 valence electrons. The summed E-state index contributed by atoms with van der Waals surface area (Å²) < 4.78 is 0. The summed E-state index contributed by atoms with van der Waals surface area (Å²) in [4.78, 5) is 14.0. The Kier molecular flexibility index (Phi) is 3.98. The number of carbonyl (C=O) groups excluding carboxylic acids is 1. The van der Waals surface area contributed by atoms with E-state index in [1.807, 2.05) is 31.2 Å². The van der Waals surface area contributed by atoms with Crippen molar-refractivity contribution in [3.05, 3.63) is 54.1 Å². The van der Waals surface area contributed by atoms with Crippen LogP contribution in [0.3, 0.4) is 0 Å². The first-order valence-electron chi connectivity index (χ1n) is 6.47. The van der Waals surface area contributed by atoms with Gasteiger partial charge in [-0.1, -0.05) is 36.9 Å². The van der Waals surface area contributed by atoms with Crippen LogP contribution in [0, 0.1) is 0 Å². The first-order chi connectivity index (χ1) is 8.75. The molecular formula is C16H19NO. The van der Waals surface area contributed by atoms with E-state index in [1.165, 1.54) is 0 Å². The van der Waals surface area contributed by atoms with E-state index in [9.17, 15) is 4.79 Å². The summed E-state index contributed by atoms with van der Waals surface area (Å²) in [5, 5.41) is 0. The maximum absolute atomic E-state index is 12.2. The fraction of sp³-hybridized carbons (Fsp3) is 0.312. The molecule has 1 aliphatic rings. The van der Waals surface area contributed by atoms with Crippen LogP contribution in [0.5, 0.6) is 0 Å². The van der Waals surface area contributed by atoms with Gasteiger partial charge in [-0.15, -0.1) is 0 Å². The third kappa shape index (κ3) is 2.37. The van der Waals surface area contributed by atoms with Crippen LogP contribution in [0.15, 0.2) is 43.0 Å². The van der Waals surface area contributed by atoms with Crippen molar-refractivity contribution in [1.29, 1.82) is 0 Å². The third-order valence-electron chi connectivity index (χ3n) is 3.28. The molecular weight excluding hydrogens is 222 g/mol. The zero-order chi connectivity index (χ0) is 13.0. The Bertz CT molecular complexity index is 453. The van der Waals surface area contributed by atoms with Gasteiger partial charge in [-0.05, 0) is 32.3 Å². The van der Waals surface area contributed by atoms with E-state index < -0.39 is 0 Å². The van der Waals surface area contributed by atoms with Gasteiger partial charge in [0.25, 0.3) is 5.91 Å². The van der Waals surface area contributed by atoms with E-state index in [2.05, 4.69) is 18.7 Å². The fourth-order valence-corrected chi connectivity index (χ4v) is 2.27. The van der Waals surface area contributed by atoms with Crippen molar-refractivity contribution in [3.63, 3.8) is 0 Å².